The Labute approximate surface area is 567 Å². The van der Waals surface area contributed by atoms with Crippen LogP contribution in [0.4, 0.5) is 0 Å². The van der Waals surface area contributed by atoms with Gasteiger partial charge < -0.3 is 33.8 Å². The standard InChI is InChI=1S/C74H140O17P2/c1-8-9-10-11-12-13-14-15-16-17-21-28-35-43-50-57-73(78)90-69(61-84-71(76)55-48-41-34-27-24-23-26-32-39-46-53-66(4)5)63-88-92(80,81)86-59-68(75)60-87-93(82,83)89-64-70(62-85-72(77)56-49-42-37-30-33-40-47-54-67(6)7)91-74(79)58-51-44-36-29-22-19-18-20-25-31-38-45-52-65(2)3/h13-16,65-70,75H,8-12,17-64H2,1-7H3,(H,80,81)(H,82,83)/b14-13-,16-15-/t68?,69-,70-/m1/s1. The van der Waals surface area contributed by atoms with E-state index >= 15 is 0 Å². The smallest absolute Gasteiger partial charge is 0.462 e. The van der Waals surface area contributed by atoms with Crippen LogP contribution in [0.2, 0.25) is 0 Å². The largest absolute Gasteiger partial charge is 0.472 e. The Balaban J connectivity index is 5.29. The van der Waals surface area contributed by atoms with E-state index in [9.17, 15) is 43.2 Å². The maximum Gasteiger partial charge on any atom is 0.472 e. The first-order chi connectivity index (χ1) is 44.7. The van der Waals surface area contributed by atoms with E-state index in [1.807, 2.05) is 0 Å². The molecule has 0 saturated heterocycles. The highest BCUT2D eigenvalue weighted by atomic mass is 31.2. The van der Waals surface area contributed by atoms with Crippen molar-refractivity contribution in [2.45, 2.75) is 369 Å². The van der Waals surface area contributed by atoms with E-state index in [1.165, 1.54) is 141 Å². The summed E-state index contributed by atoms with van der Waals surface area (Å²) in [5, 5.41) is 10.6. The summed E-state index contributed by atoms with van der Waals surface area (Å²) in [5.41, 5.74) is 0. The molecule has 5 atom stereocenters. The van der Waals surface area contributed by atoms with Crippen LogP contribution in [0.3, 0.4) is 0 Å². The van der Waals surface area contributed by atoms with Crippen molar-refractivity contribution < 1.29 is 80.2 Å². The number of aliphatic hydroxyl groups is 1. The van der Waals surface area contributed by atoms with Crippen molar-refractivity contribution in [1.29, 1.82) is 0 Å². The first-order valence-electron chi connectivity index (χ1n) is 37.7. The Bertz CT molecular complexity index is 1910. The lowest BCUT2D eigenvalue weighted by Gasteiger charge is -2.21. The normalized spacial score (nSPS) is 14.3. The summed E-state index contributed by atoms with van der Waals surface area (Å²) in [6.45, 7) is 11.8. The van der Waals surface area contributed by atoms with Crippen molar-refractivity contribution in [2.75, 3.05) is 39.6 Å². The summed E-state index contributed by atoms with van der Waals surface area (Å²) >= 11 is 0. The number of aliphatic hydroxyl groups excluding tert-OH is 1. The Hall–Kier alpha value is -2.46. The summed E-state index contributed by atoms with van der Waals surface area (Å²) in [7, 11) is -9.92. The third-order valence-corrected chi connectivity index (χ3v) is 18.4. The number of phosphoric acid groups is 2. The third kappa shape index (κ3) is 67.9. The average Bonchev–Trinajstić information content (AvgIpc) is 2.03. The highest BCUT2D eigenvalue weighted by Gasteiger charge is 2.30. The highest BCUT2D eigenvalue weighted by molar-refractivity contribution is 7.47. The van der Waals surface area contributed by atoms with Crippen molar-refractivity contribution in [2.24, 2.45) is 17.8 Å². The molecule has 0 aromatic rings. The van der Waals surface area contributed by atoms with Crippen molar-refractivity contribution in [3.8, 4) is 0 Å². The number of carbonyl (C=O) groups excluding carboxylic acids is 4. The zero-order chi connectivity index (χ0) is 68.7. The van der Waals surface area contributed by atoms with Gasteiger partial charge in [-0.15, -0.1) is 0 Å². The van der Waals surface area contributed by atoms with Gasteiger partial charge in [0.25, 0.3) is 0 Å². The van der Waals surface area contributed by atoms with Gasteiger partial charge in [-0.2, -0.15) is 0 Å². The Morgan fingerprint density at radius 2 is 0.581 bits per heavy atom. The molecule has 0 spiro atoms. The average molecular weight is 1360 g/mol. The van der Waals surface area contributed by atoms with E-state index in [0.29, 0.717) is 31.6 Å². The van der Waals surface area contributed by atoms with E-state index in [2.05, 4.69) is 72.8 Å². The maximum atomic E-state index is 13.0. The van der Waals surface area contributed by atoms with Crippen molar-refractivity contribution in [1.82, 2.24) is 0 Å². The number of hydrogen-bond acceptors (Lipinski definition) is 15. The fourth-order valence-electron chi connectivity index (χ4n) is 10.7. The van der Waals surface area contributed by atoms with Crippen LogP contribution in [-0.2, 0) is 65.4 Å². The molecular formula is C74H140O17P2. The number of allylic oxidation sites excluding steroid dienone is 4. The number of phosphoric ester groups is 2. The van der Waals surface area contributed by atoms with Gasteiger partial charge in [-0.25, -0.2) is 9.13 Å². The van der Waals surface area contributed by atoms with Crippen LogP contribution in [0.25, 0.3) is 0 Å². The SMILES string of the molecule is CCCCCC/C=C\C=C/CCCCCCCC(=O)O[C@H](COC(=O)CCCCCCCCCCCCC(C)C)COP(=O)(O)OCC(O)COP(=O)(O)OC[C@@H](COC(=O)CCCCCCCCCC(C)C)OC(=O)CCCCCCCCCCCCCCC(C)C. The van der Waals surface area contributed by atoms with Crippen LogP contribution < -0.4 is 0 Å². The fraction of sp³-hybridized carbons (Fsp3) is 0.892. The molecule has 0 aliphatic heterocycles. The molecule has 3 N–H and O–H groups in total. The summed E-state index contributed by atoms with van der Waals surface area (Å²) in [5.74, 6) is 0.0825. The third-order valence-electron chi connectivity index (χ3n) is 16.5. The Morgan fingerprint density at radius 3 is 0.871 bits per heavy atom. The van der Waals surface area contributed by atoms with Gasteiger partial charge in [-0.3, -0.25) is 37.3 Å². The number of rotatable bonds is 70. The minimum Gasteiger partial charge on any atom is -0.462 e. The highest BCUT2D eigenvalue weighted by Crippen LogP contribution is 2.45. The molecule has 548 valence electrons. The van der Waals surface area contributed by atoms with Gasteiger partial charge in [0.05, 0.1) is 26.4 Å². The first-order valence-corrected chi connectivity index (χ1v) is 40.7. The molecule has 19 heteroatoms. The summed E-state index contributed by atoms with van der Waals surface area (Å²) in [4.78, 5) is 72.7. The molecule has 0 radical (unpaired) electrons. The van der Waals surface area contributed by atoms with Crippen LogP contribution >= 0.6 is 15.6 Å². The van der Waals surface area contributed by atoms with Crippen molar-refractivity contribution in [3.05, 3.63) is 24.3 Å². The quantitative estimate of drug-likeness (QED) is 0.0169. The van der Waals surface area contributed by atoms with Gasteiger partial charge in [0.1, 0.15) is 19.3 Å². The van der Waals surface area contributed by atoms with Gasteiger partial charge in [0, 0.05) is 25.7 Å². The second-order valence-electron chi connectivity index (χ2n) is 27.4. The number of esters is 4. The Morgan fingerprint density at radius 1 is 0.333 bits per heavy atom. The molecular weight excluding hydrogens is 1220 g/mol. The van der Waals surface area contributed by atoms with Crippen LogP contribution in [0.5, 0.6) is 0 Å². The summed E-state index contributed by atoms with van der Waals surface area (Å²) in [6.07, 6.45) is 52.2. The van der Waals surface area contributed by atoms with E-state index < -0.39 is 97.5 Å². The van der Waals surface area contributed by atoms with Crippen LogP contribution in [-0.4, -0.2) is 96.7 Å². The molecule has 3 unspecified atom stereocenters. The predicted molar refractivity (Wildman–Crippen MR) is 377 cm³/mol. The van der Waals surface area contributed by atoms with E-state index in [-0.39, 0.29) is 25.7 Å². The molecule has 0 heterocycles. The lowest BCUT2D eigenvalue weighted by Crippen LogP contribution is -2.30. The van der Waals surface area contributed by atoms with Crippen LogP contribution in [0.1, 0.15) is 350 Å². The maximum absolute atomic E-state index is 13.0. The molecule has 0 aromatic carbocycles. The second-order valence-corrected chi connectivity index (χ2v) is 30.3. The molecule has 0 amide bonds. The minimum atomic E-state index is -4.96. The van der Waals surface area contributed by atoms with Crippen LogP contribution in [0, 0.1) is 17.8 Å². The molecule has 0 aliphatic carbocycles. The molecule has 0 saturated carbocycles. The van der Waals surface area contributed by atoms with Gasteiger partial charge in [0.15, 0.2) is 12.2 Å². The van der Waals surface area contributed by atoms with Gasteiger partial charge in [-0.1, -0.05) is 297 Å². The van der Waals surface area contributed by atoms with E-state index in [1.54, 1.807) is 0 Å². The first kappa shape index (κ1) is 90.5. The fourth-order valence-corrected chi connectivity index (χ4v) is 12.3. The van der Waals surface area contributed by atoms with E-state index in [4.69, 9.17) is 37.0 Å². The van der Waals surface area contributed by atoms with Crippen molar-refractivity contribution in [3.63, 3.8) is 0 Å². The number of hydrogen-bond donors (Lipinski definition) is 3. The molecule has 17 nitrogen and oxygen atoms in total. The lowest BCUT2D eigenvalue weighted by molar-refractivity contribution is -0.161. The Kier molecular flexibility index (Phi) is 62.5. The molecule has 93 heavy (non-hydrogen) atoms. The second kappa shape index (κ2) is 64.2. The van der Waals surface area contributed by atoms with Crippen LogP contribution in [0.15, 0.2) is 24.3 Å². The number of carbonyl (C=O) groups is 4. The van der Waals surface area contributed by atoms with E-state index in [0.717, 1.165) is 121 Å². The summed E-state index contributed by atoms with van der Waals surface area (Å²) in [6, 6.07) is 0. The molecule has 0 aliphatic rings. The van der Waals surface area contributed by atoms with Gasteiger partial charge in [0.2, 0.25) is 0 Å². The molecule has 0 bridgehead atoms. The van der Waals surface area contributed by atoms with Gasteiger partial charge in [-0.05, 0) is 69.1 Å². The molecule has 0 rings (SSSR count). The molecule has 0 fully saturated rings. The zero-order valence-electron chi connectivity index (χ0n) is 60.2. The number of ether oxygens (including phenoxy) is 4. The van der Waals surface area contributed by atoms with Gasteiger partial charge >= 0.3 is 39.5 Å². The molecule has 0 aromatic heterocycles. The lowest BCUT2D eigenvalue weighted by atomic mass is 10.0. The topological polar surface area (TPSA) is 237 Å². The summed E-state index contributed by atoms with van der Waals surface area (Å²) < 4.78 is 68.4. The minimum absolute atomic E-state index is 0.0844. The predicted octanol–water partition coefficient (Wildman–Crippen LogP) is 21.0. The number of unbranched alkanes of at least 4 members (excludes halogenated alkanes) is 35. The monoisotopic (exact) mass is 1360 g/mol. The van der Waals surface area contributed by atoms with Crippen molar-refractivity contribution >= 4 is 39.5 Å². The zero-order valence-corrected chi connectivity index (χ0v) is 62.0.